The number of carbonyl (C=O) groups is 1. The van der Waals surface area contributed by atoms with Crippen LogP contribution in [0.15, 0.2) is 30.9 Å². The summed E-state index contributed by atoms with van der Waals surface area (Å²) in [4.78, 5) is 18.6. The Morgan fingerprint density at radius 3 is 2.57 bits per heavy atom. The molecule has 0 aliphatic rings. The first-order valence-corrected chi connectivity index (χ1v) is 7.89. The molecule has 2 aromatic heterocycles. The fraction of sp³-hybridized carbons (Fsp3) is 0.500. The topological polar surface area (TPSA) is 75.9 Å². The van der Waals surface area contributed by atoms with E-state index in [1.165, 1.54) is 0 Å². The van der Waals surface area contributed by atoms with Gasteiger partial charge >= 0.3 is 6.03 Å². The number of aryl methyl sites for hydroxylation is 1. The SMILES string of the molecule is CC[C@H](c1ccncc1)N(CC)C(=O)N[C@H](C)c1nncn1C. The molecule has 0 radical (unpaired) electrons. The van der Waals surface area contributed by atoms with Crippen LogP contribution in [0.2, 0.25) is 0 Å². The van der Waals surface area contributed by atoms with Gasteiger partial charge in [0.2, 0.25) is 0 Å². The molecule has 0 saturated carbocycles. The van der Waals surface area contributed by atoms with Crippen molar-refractivity contribution in [1.82, 2.24) is 30.0 Å². The Balaban J connectivity index is 2.13. The fourth-order valence-corrected chi connectivity index (χ4v) is 2.74. The highest BCUT2D eigenvalue weighted by Gasteiger charge is 2.24. The second kappa shape index (κ2) is 7.71. The zero-order valence-corrected chi connectivity index (χ0v) is 14.1. The number of urea groups is 1. The van der Waals surface area contributed by atoms with Crippen LogP contribution < -0.4 is 5.32 Å². The summed E-state index contributed by atoms with van der Waals surface area (Å²) in [5.41, 5.74) is 1.09. The Kier molecular flexibility index (Phi) is 5.67. The number of pyridine rings is 1. The molecule has 0 aliphatic heterocycles. The Labute approximate surface area is 136 Å². The Morgan fingerprint density at radius 1 is 1.35 bits per heavy atom. The van der Waals surface area contributed by atoms with Crippen molar-refractivity contribution in [3.63, 3.8) is 0 Å². The largest absolute Gasteiger partial charge is 0.328 e. The summed E-state index contributed by atoms with van der Waals surface area (Å²) in [5.74, 6) is 0.728. The fourth-order valence-electron chi connectivity index (χ4n) is 2.74. The summed E-state index contributed by atoms with van der Waals surface area (Å²) in [7, 11) is 1.86. The van der Waals surface area contributed by atoms with Crippen LogP contribution in [-0.4, -0.2) is 37.2 Å². The summed E-state index contributed by atoms with van der Waals surface area (Å²) in [5, 5.41) is 10.9. The molecule has 2 rings (SSSR count). The summed E-state index contributed by atoms with van der Waals surface area (Å²) >= 11 is 0. The molecule has 124 valence electrons. The summed E-state index contributed by atoms with van der Waals surface area (Å²) in [6.07, 6.45) is 5.98. The van der Waals surface area contributed by atoms with Crippen LogP contribution in [0.1, 0.15) is 50.7 Å². The van der Waals surface area contributed by atoms with E-state index in [1.54, 1.807) is 23.3 Å². The molecule has 0 aromatic carbocycles. The van der Waals surface area contributed by atoms with E-state index in [9.17, 15) is 4.79 Å². The number of carbonyl (C=O) groups excluding carboxylic acids is 1. The maximum absolute atomic E-state index is 12.7. The molecule has 0 saturated heterocycles. The van der Waals surface area contributed by atoms with Gasteiger partial charge in [-0.2, -0.15) is 0 Å². The molecule has 7 nitrogen and oxygen atoms in total. The van der Waals surface area contributed by atoms with Gasteiger partial charge in [0.1, 0.15) is 6.33 Å². The number of hydrogen-bond acceptors (Lipinski definition) is 4. The van der Waals surface area contributed by atoms with Gasteiger partial charge in [0.05, 0.1) is 12.1 Å². The molecule has 0 spiro atoms. The quantitative estimate of drug-likeness (QED) is 0.888. The normalized spacial score (nSPS) is 13.4. The number of nitrogens with zero attached hydrogens (tertiary/aromatic N) is 5. The van der Waals surface area contributed by atoms with Crippen molar-refractivity contribution >= 4 is 6.03 Å². The third kappa shape index (κ3) is 3.85. The lowest BCUT2D eigenvalue weighted by Crippen LogP contribution is -2.43. The Bertz CT molecular complexity index is 627. The van der Waals surface area contributed by atoms with Crippen LogP contribution in [-0.2, 0) is 7.05 Å². The van der Waals surface area contributed by atoms with Crippen molar-refractivity contribution in [3.05, 3.63) is 42.2 Å². The van der Waals surface area contributed by atoms with Crippen LogP contribution >= 0.6 is 0 Å². The molecule has 0 fully saturated rings. The van der Waals surface area contributed by atoms with Crippen LogP contribution in [0.4, 0.5) is 4.79 Å². The van der Waals surface area contributed by atoms with Crippen LogP contribution in [0.3, 0.4) is 0 Å². The molecule has 23 heavy (non-hydrogen) atoms. The Hall–Kier alpha value is -2.44. The third-order valence-corrected chi connectivity index (χ3v) is 3.93. The molecular weight excluding hydrogens is 292 g/mol. The molecule has 2 aromatic rings. The molecule has 7 heteroatoms. The lowest BCUT2D eigenvalue weighted by molar-refractivity contribution is 0.172. The monoisotopic (exact) mass is 316 g/mol. The molecule has 1 N–H and O–H groups in total. The van der Waals surface area contributed by atoms with E-state index in [-0.39, 0.29) is 18.1 Å². The van der Waals surface area contributed by atoms with Gasteiger partial charge in [-0.15, -0.1) is 10.2 Å². The molecule has 2 heterocycles. The zero-order valence-electron chi connectivity index (χ0n) is 14.1. The standard InChI is InChI=1S/C16H24N6O/c1-5-14(13-7-9-17-10-8-13)22(6-2)16(23)19-12(3)15-20-18-11-21(15)4/h7-12,14H,5-6H2,1-4H3,(H,19,23)/t12-,14-/m1/s1. The number of hydrogen-bond donors (Lipinski definition) is 1. The van der Waals surface area contributed by atoms with Crippen LogP contribution in [0.25, 0.3) is 0 Å². The average molecular weight is 316 g/mol. The van der Waals surface area contributed by atoms with Gasteiger partial charge in [-0.25, -0.2) is 4.79 Å². The number of aromatic nitrogens is 4. The number of rotatable bonds is 6. The minimum absolute atomic E-state index is 0.0229. The van der Waals surface area contributed by atoms with Crippen molar-refractivity contribution in [3.8, 4) is 0 Å². The van der Waals surface area contributed by atoms with Gasteiger partial charge in [0, 0.05) is 26.0 Å². The lowest BCUT2D eigenvalue weighted by Gasteiger charge is -2.31. The first kappa shape index (κ1) is 16.9. The van der Waals surface area contributed by atoms with E-state index < -0.39 is 0 Å². The van der Waals surface area contributed by atoms with Gasteiger partial charge in [-0.1, -0.05) is 6.92 Å². The number of nitrogens with one attached hydrogen (secondary N) is 1. The smallest absolute Gasteiger partial charge is 0.318 e. The van der Waals surface area contributed by atoms with Gasteiger partial charge in [-0.05, 0) is 38.0 Å². The van der Waals surface area contributed by atoms with E-state index in [0.29, 0.717) is 6.54 Å². The minimum atomic E-state index is -0.209. The van der Waals surface area contributed by atoms with E-state index in [1.807, 2.05) is 37.9 Å². The van der Waals surface area contributed by atoms with Crippen LogP contribution in [0, 0.1) is 0 Å². The lowest BCUT2D eigenvalue weighted by atomic mass is 10.0. The van der Waals surface area contributed by atoms with Crippen molar-refractivity contribution in [2.24, 2.45) is 7.05 Å². The van der Waals surface area contributed by atoms with Crippen LogP contribution in [0.5, 0.6) is 0 Å². The molecule has 2 atom stereocenters. The predicted molar refractivity (Wildman–Crippen MR) is 87.6 cm³/mol. The van der Waals surface area contributed by atoms with Crippen molar-refractivity contribution < 1.29 is 4.79 Å². The first-order valence-electron chi connectivity index (χ1n) is 7.89. The van der Waals surface area contributed by atoms with E-state index >= 15 is 0 Å². The van der Waals surface area contributed by atoms with E-state index in [2.05, 4.69) is 27.4 Å². The zero-order chi connectivity index (χ0) is 16.8. The average Bonchev–Trinajstić information content (AvgIpc) is 2.99. The maximum Gasteiger partial charge on any atom is 0.318 e. The third-order valence-electron chi connectivity index (χ3n) is 3.93. The van der Waals surface area contributed by atoms with Crippen molar-refractivity contribution in [1.29, 1.82) is 0 Å². The minimum Gasteiger partial charge on any atom is -0.328 e. The van der Waals surface area contributed by atoms with Gasteiger partial charge in [0.15, 0.2) is 5.82 Å². The summed E-state index contributed by atoms with van der Waals surface area (Å²) in [6.45, 7) is 6.59. The van der Waals surface area contributed by atoms with Crippen molar-refractivity contribution in [2.45, 2.75) is 39.3 Å². The van der Waals surface area contributed by atoms with Gasteiger partial charge in [0.25, 0.3) is 0 Å². The highest BCUT2D eigenvalue weighted by atomic mass is 16.2. The Morgan fingerprint density at radius 2 is 2.04 bits per heavy atom. The second-order valence-electron chi connectivity index (χ2n) is 5.46. The molecule has 0 aliphatic carbocycles. The molecule has 0 bridgehead atoms. The number of amides is 2. The highest BCUT2D eigenvalue weighted by molar-refractivity contribution is 5.75. The first-order chi connectivity index (χ1) is 11.1. The van der Waals surface area contributed by atoms with Crippen molar-refractivity contribution in [2.75, 3.05) is 6.54 Å². The second-order valence-corrected chi connectivity index (χ2v) is 5.46. The van der Waals surface area contributed by atoms with E-state index in [0.717, 1.165) is 17.8 Å². The maximum atomic E-state index is 12.7. The molecule has 2 amide bonds. The summed E-state index contributed by atoms with van der Waals surface area (Å²) in [6, 6.07) is 3.62. The van der Waals surface area contributed by atoms with Gasteiger partial charge < -0.3 is 14.8 Å². The summed E-state index contributed by atoms with van der Waals surface area (Å²) < 4.78 is 1.81. The molecular formula is C16H24N6O. The van der Waals surface area contributed by atoms with Gasteiger partial charge in [-0.3, -0.25) is 4.98 Å². The predicted octanol–water partition coefficient (Wildman–Crippen LogP) is 2.45. The molecule has 0 unspecified atom stereocenters. The highest BCUT2D eigenvalue weighted by Crippen LogP contribution is 2.24. The van der Waals surface area contributed by atoms with E-state index in [4.69, 9.17) is 0 Å².